The molecule has 0 atom stereocenters. The third-order valence-electron chi connectivity index (χ3n) is 10.0. The zero-order valence-electron chi connectivity index (χ0n) is 28.8. The fourth-order valence-corrected chi connectivity index (χ4v) is 7.52. The fraction of sp³-hybridized carbons (Fsp3) is 0. The van der Waals surface area contributed by atoms with Crippen molar-refractivity contribution in [1.29, 1.82) is 0 Å². The van der Waals surface area contributed by atoms with Crippen molar-refractivity contribution in [3.8, 4) is 39.3 Å². The summed E-state index contributed by atoms with van der Waals surface area (Å²) in [5.41, 5.74) is 13.4. The van der Waals surface area contributed by atoms with Gasteiger partial charge in [-0.15, -0.1) is 0 Å². The molecule has 0 N–H and O–H groups in total. The van der Waals surface area contributed by atoms with Gasteiger partial charge >= 0.3 is 0 Å². The van der Waals surface area contributed by atoms with E-state index in [0.717, 1.165) is 78.2 Å². The van der Waals surface area contributed by atoms with Gasteiger partial charge in [-0.3, -0.25) is 4.57 Å². The van der Waals surface area contributed by atoms with Crippen LogP contribution in [0.2, 0.25) is 0 Å². The van der Waals surface area contributed by atoms with Crippen molar-refractivity contribution >= 4 is 50.0 Å². The van der Waals surface area contributed by atoms with E-state index in [2.05, 4.69) is 191 Å². The standard InChI is InChI=1S/C49H33N3O/c1-4-14-34(15-5-1)36-24-28-39(29-25-36)51(40-30-26-37(27-31-40)35-16-6-2-7-17-35)45-33-32-42(47-41-20-10-13-23-46(41)53-48(45)47)49-50-43-21-11-12-22-44(43)52(49)38-18-8-3-9-19-38/h1-33H. The molecule has 0 amide bonds. The number of imidazole rings is 1. The van der Waals surface area contributed by atoms with Gasteiger partial charge in [0.15, 0.2) is 5.58 Å². The van der Waals surface area contributed by atoms with Gasteiger partial charge in [-0.05, 0) is 89.0 Å². The Kier molecular flexibility index (Phi) is 7.43. The van der Waals surface area contributed by atoms with Crippen LogP contribution in [0.5, 0.6) is 0 Å². The first-order chi connectivity index (χ1) is 26.3. The number of furan rings is 1. The Hall–Kier alpha value is -7.17. The smallest absolute Gasteiger partial charge is 0.160 e. The van der Waals surface area contributed by atoms with Gasteiger partial charge in [-0.25, -0.2) is 4.98 Å². The van der Waals surface area contributed by atoms with Crippen LogP contribution in [0.25, 0.3) is 72.3 Å². The second-order valence-corrected chi connectivity index (χ2v) is 13.2. The topological polar surface area (TPSA) is 34.2 Å². The second kappa shape index (κ2) is 12.9. The predicted octanol–water partition coefficient (Wildman–Crippen LogP) is 13.4. The van der Waals surface area contributed by atoms with Crippen molar-refractivity contribution in [3.63, 3.8) is 0 Å². The maximum absolute atomic E-state index is 6.90. The van der Waals surface area contributed by atoms with Crippen molar-refractivity contribution in [3.05, 3.63) is 200 Å². The molecule has 0 saturated carbocycles. The normalized spacial score (nSPS) is 11.4. The summed E-state index contributed by atoms with van der Waals surface area (Å²) in [6.07, 6.45) is 0. The van der Waals surface area contributed by atoms with Gasteiger partial charge in [-0.1, -0.05) is 133 Å². The average molecular weight is 680 g/mol. The first-order valence-corrected chi connectivity index (χ1v) is 17.9. The van der Waals surface area contributed by atoms with E-state index in [9.17, 15) is 0 Å². The number of nitrogens with zero attached hydrogens (tertiary/aromatic N) is 3. The molecule has 53 heavy (non-hydrogen) atoms. The molecule has 10 rings (SSSR count). The van der Waals surface area contributed by atoms with Crippen LogP contribution >= 0.6 is 0 Å². The fourth-order valence-electron chi connectivity index (χ4n) is 7.52. The molecule has 0 aliphatic carbocycles. The molecule has 0 unspecified atom stereocenters. The quantitative estimate of drug-likeness (QED) is 0.168. The van der Waals surface area contributed by atoms with Gasteiger partial charge in [0, 0.05) is 33.4 Å². The summed E-state index contributed by atoms with van der Waals surface area (Å²) in [5, 5.41) is 2.07. The summed E-state index contributed by atoms with van der Waals surface area (Å²) in [4.78, 5) is 7.58. The molecule has 8 aromatic carbocycles. The predicted molar refractivity (Wildman–Crippen MR) is 219 cm³/mol. The number of para-hydroxylation sites is 4. The first-order valence-electron chi connectivity index (χ1n) is 17.9. The zero-order chi connectivity index (χ0) is 35.1. The highest BCUT2D eigenvalue weighted by molar-refractivity contribution is 6.16. The maximum atomic E-state index is 6.90. The van der Waals surface area contributed by atoms with Crippen LogP contribution in [0, 0.1) is 0 Å². The molecule has 4 nitrogen and oxygen atoms in total. The van der Waals surface area contributed by atoms with E-state index in [1.807, 2.05) is 18.2 Å². The molecule has 2 aromatic heterocycles. The lowest BCUT2D eigenvalue weighted by molar-refractivity contribution is 0.669. The molecular formula is C49H33N3O. The highest BCUT2D eigenvalue weighted by Gasteiger charge is 2.25. The number of rotatable bonds is 7. The molecule has 10 aromatic rings. The lowest BCUT2D eigenvalue weighted by Crippen LogP contribution is -2.10. The molecule has 0 bridgehead atoms. The maximum Gasteiger partial charge on any atom is 0.160 e. The second-order valence-electron chi connectivity index (χ2n) is 13.2. The number of hydrogen-bond donors (Lipinski definition) is 0. The van der Waals surface area contributed by atoms with Crippen molar-refractivity contribution in [2.75, 3.05) is 4.90 Å². The van der Waals surface area contributed by atoms with E-state index in [0.29, 0.717) is 0 Å². The number of fused-ring (bicyclic) bond motifs is 4. The summed E-state index contributed by atoms with van der Waals surface area (Å²) >= 11 is 0. The van der Waals surface area contributed by atoms with Gasteiger partial charge in [0.25, 0.3) is 0 Å². The molecule has 250 valence electrons. The molecule has 0 aliphatic heterocycles. The lowest BCUT2D eigenvalue weighted by Gasteiger charge is -2.26. The molecule has 0 spiro atoms. The van der Waals surface area contributed by atoms with E-state index in [1.54, 1.807) is 0 Å². The monoisotopic (exact) mass is 679 g/mol. The van der Waals surface area contributed by atoms with E-state index >= 15 is 0 Å². The summed E-state index contributed by atoms with van der Waals surface area (Å²) in [6, 6.07) is 70.1. The Morgan fingerprint density at radius 1 is 0.453 bits per heavy atom. The Labute approximate surface area is 307 Å². The van der Waals surface area contributed by atoms with E-state index in [-0.39, 0.29) is 0 Å². The molecular weight excluding hydrogens is 647 g/mol. The van der Waals surface area contributed by atoms with Crippen molar-refractivity contribution < 1.29 is 4.42 Å². The van der Waals surface area contributed by atoms with E-state index in [4.69, 9.17) is 9.40 Å². The molecule has 0 radical (unpaired) electrons. The molecule has 0 aliphatic rings. The minimum atomic E-state index is 0.801. The summed E-state index contributed by atoms with van der Waals surface area (Å²) in [6.45, 7) is 0. The van der Waals surface area contributed by atoms with Crippen LogP contribution < -0.4 is 4.90 Å². The zero-order valence-corrected chi connectivity index (χ0v) is 28.8. The third-order valence-corrected chi connectivity index (χ3v) is 10.0. The van der Waals surface area contributed by atoms with Crippen molar-refractivity contribution in [2.45, 2.75) is 0 Å². The van der Waals surface area contributed by atoms with Gasteiger partial charge in [0.2, 0.25) is 0 Å². The summed E-state index contributed by atoms with van der Waals surface area (Å²) in [7, 11) is 0. The van der Waals surface area contributed by atoms with Crippen LogP contribution in [-0.4, -0.2) is 9.55 Å². The highest BCUT2D eigenvalue weighted by atomic mass is 16.3. The summed E-state index contributed by atoms with van der Waals surface area (Å²) < 4.78 is 9.15. The van der Waals surface area contributed by atoms with Crippen LogP contribution in [0.4, 0.5) is 17.1 Å². The van der Waals surface area contributed by atoms with Gasteiger partial charge in [0.1, 0.15) is 11.4 Å². The number of benzene rings is 8. The Morgan fingerprint density at radius 2 is 0.981 bits per heavy atom. The minimum absolute atomic E-state index is 0.801. The molecule has 0 saturated heterocycles. The van der Waals surface area contributed by atoms with Crippen LogP contribution in [-0.2, 0) is 0 Å². The van der Waals surface area contributed by atoms with E-state index < -0.39 is 0 Å². The largest absolute Gasteiger partial charge is 0.454 e. The Morgan fingerprint density at radius 3 is 1.62 bits per heavy atom. The SMILES string of the molecule is c1ccc(-c2ccc(N(c3ccc(-c4ccccc4)cc3)c3ccc(-c4nc5ccccc5n4-c4ccccc4)c4c3oc3ccccc34)cc2)cc1. The van der Waals surface area contributed by atoms with Gasteiger partial charge in [-0.2, -0.15) is 0 Å². The van der Waals surface area contributed by atoms with Crippen LogP contribution in [0.3, 0.4) is 0 Å². The van der Waals surface area contributed by atoms with Crippen LogP contribution in [0.1, 0.15) is 0 Å². The highest BCUT2D eigenvalue weighted by Crippen LogP contribution is 2.46. The Bertz CT molecular complexity index is 2770. The average Bonchev–Trinajstić information content (AvgIpc) is 3.82. The van der Waals surface area contributed by atoms with Crippen molar-refractivity contribution in [1.82, 2.24) is 9.55 Å². The van der Waals surface area contributed by atoms with Gasteiger partial charge < -0.3 is 9.32 Å². The molecule has 0 fully saturated rings. The third kappa shape index (κ3) is 5.36. The van der Waals surface area contributed by atoms with Gasteiger partial charge in [0.05, 0.1) is 16.7 Å². The molecule has 4 heteroatoms. The Balaban J connectivity index is 1.21. The number of hydrogen-bond acceptors (Lipinski definition) is 3. The molecule has 2 heterocycles. The van der Waals surface area contributed by atoms with Crippen LogP contribution in [0.15, 0.2) is 205 Å². The first kappa shape index (κ1) is 30.6. The van der Waals surface area contributed by atoms with Crippen molar-refractivity contribution in [2.24, 2.45) is 0 Å². The number of aromatic nitrogens is 2. The van der Waals surface area contributed by atoms with E-state index in [1.165, 1.54) is 11.1 Å². The summed E-state index contributed by atoms with van der Waals surface area (Å²) in [5.74, 6) is 0.867. The minimum Gasteiger partial charge on any atom is -0.454 e. The lowest BCUT2D eigenvalue weighted by atomic mass is 10.0. The number of anilines is 3.